The summed E-state index contributed by atoms with van der Waals surface area (Å²) in [4.78, 5) is 0.124. The normalized spacial score (nSPS) is 13.0. The van der Waals surface area contributed by atoms with Crippen molar-refractivity contribution in [2.45, 2.75) is 24.7 Å². The van der Waals surface area contributed by atoms with Crippen molar-refractivity contribution in [3.63, 3.8) is 0 Å². The van der Waals surface area contributed by atoms with E-state index < -0.39 is 10.0 Å². The number of aliphatic hydroxyl groups is 1. The highest BCUT2D eigenvalue weighted by Gasteiger charge is 2.18. The summed E-state index contributed by atoms with van der Waals surface area (Å²) in [6.45, 7) is 2.31. The summed E-state index contributed by atoms with van der Waals surface area (Å²) in [5.41, 5.74) is 0. The molecular formula is C14H23NO5S. The Kier molecular flexibility index (Phi) is 6.94. The molecule has 0 aliphatic heterocycles. The molecule has 1 rings (SSSR count). The van der Waals surface area contributed by atoms with Crippen LogP contribution in [0, 0.1) is 5.92 Å². The second-order valence-corrected chi connectivity index (χ2v) is 6.42. The maximum absolute atomic E-state index is 12.3. The lowest BCUT2D eigenvalue weighted by molar-refractivity contribution is 0.254. The second-order valence-electron chi connectivity index (χ2n) is 4.66. The first-order valence-corrected chi connectivity index (χ1v) is 8.29. The lowest BCUT2D eigenvalue weighted by atomic mass is 10.0. The molecule has 1 aromatic rings. The monoisotopic (exact) mass is 317 g/mol. The van der Waals surface area contributed by atoms with Crippen LogP contribution in [-0.4, -0.2) is 40.9 Å². The van der Waals surface area contributed by atoms with E-state index in [1.165, 1.54) is 26.4 Å². The summed E-state index contributed by atoms with van der Waals surface area (Å²) in [6.07, 6.45) is 1.37. The lowest BCUT2D eigenvalue weighted by Gasteiger charge is -2.15. The Morgan fingerprint density at radius 3 is 2.43 bits per heavy atom. The number of sulfonamides is 1. The molecule has 7 heteroatoms. The molecule has 0 bridgehead atoms. The molecule has 0 radical (unpaired) electrons. The third-order valence-corrected chi connectivity index (χ3v) is 4.76. The molecule has 6 nitrogen and oxygen atoms in total. The maximum Gasteiger partial charge on any atom is 0.240 e. The second kappa shape index (κ2) is 8.21. The van der Waals surface area contributed by atoms with Gasteiger partial charge in [0.05, 0.1) is 19.1 Å². The highest BCUT2D eigenvalue weighted by molar-refractivity contribution is 7.89. The van der Waals surface area contributed by atoms with Gasteiger partial charge in [-0.1, -0.05) is 13.3 Å². The Balaban J connectivity index is 2.87. The first-order chi connectivity index (χ1) is 9.98. The van der Waals surface area contributed by atoms with E-state index in [4.69, 9.17) is 14.6 Å². The Morgan fingerprint density at radius 1 is 1.24 bits per heavy atom. The minimum absolute atomic E-state index is 0.0522. The van der Waals surface area contributed by atoms with Crippen molar-refractivity contribution in [1.29, 1.82) is 0 Å². The van der Waals surface area contributed by atoms with Gasteiger partial charge >= 0.3 is 0 Å². The number of nitrogens with one attached hydrogen (secondary N) is 1. The van der Waals surface area contributed by atoms with Gasteiger partial charge in [0, 0.05) is 19.2 Å². The zero-order valence-corrected chi connectivity index (χ0v) is 13.4. The van der Waals surface area contributed by atoms with Crippen LogP contribution in [0.1, 0.15) is 19.8 Å². The van der Waals surface area contributed by atoms with E-state index in [0.717, 1.165) is 6.42 Å². The smallest absolute Gasteiger partial charge is 0.240 e. The largest absolute Gasteiger partial charge is 0.493 e. The number of benzene rings is 1. The van der Waals surface area contributed by atoms with Crippen LogP contribution in [-0.2, 0) is 10.0 Å². The van der Waals surface area contributed by atoms with Gasteiger partial charge in [-0.15, -0.1) is 0 Å². The third-order valence-electron chi connectivity index (χ3n) is 3.34. The van der Waals surface area contributed by atoms with Crippen LogP contribution in [0.4, 0.5) is 0 Å². The molecule has 0 aliphatic carbocycles. The summed E-state index contributed by atoms with van der Waals surface area (Å²) in [5.74, 6) is 0.954. The summed E-state index contributed by atoms with van der Waals surface area (Å²) < 4.78 is 37.3. The number of hydrogen-bond donors (Lipinski definition) is 2. The molecule has 2 N–H and O–H groups in total. The van der Waals surface area contributed by atoms with Crippen LogP contribution >= 0.6 is 0 Å². The van der Waals surface area contributed by atoms with Crippen LogP contribution in [0.2, 0.25) is 0 Å². The highest BCUT2D eigenvalue weighted by Crippen LogP contribution is 2.29. The molecule has 21 heavy (non-hydrogen) atoms. The summed E-state index contributed by atoms with van der Waals surface area (Å²) in [6, 6.07) is 4.45. The molecule has 0 amide bonds. The number of hydrogen-bond acceptors (Lipinski definition) is 5. The number of aliphatic hydroxyl groups excluding tert-OH is 1. The maximum atomic E-state index is 12.3. The molecule has 1 unspecified atom stereocenters. The van der Waals surface area contributed by atoms with Crippen LogP contribution in [0.15, 0.2) is 23.1 Å². The summed E-state index contributed by atoms with van der Waals surface area (Å²) in [5, 5.41) is 8.93. The molecule has 1 aromatic carbocycles. The van der Waals surface area contributed by atoms with E-state index in [9.17, 15) is 8.42 Å². The van der Waals surface area contributed by atoms with Gasteiger partial charge in [-0.2, -0.15) is 0 Å². The van der Waals surface area contributed by atoms with Gasteiger partial charge in [-0.25, -0.2) is 13.1 Å². The van der Waals surface area contributed by atoms with Crippen LogP contribution < -0.4 is 14.2 Å². The Bertz CT molecular complexity index is 544. The molecule has 1 atom stereocenters. The Morgan fingerprint density at radius 2 is 1.90 bits per heavy atom. The average Bonchev–Trinajstić information content (AvgIpc) is 2.50. The van der Waals surface area contributed by atoms with Crippen LogP contribution in [0.5, 0.6) is 11.5 Å². The molecule has 0 saturated carbocycles. The lowest BCUT2D eigenvalue weighted by Crippen LogP contribution is -2.29. The highest BCUT2D eigenvalue weighted by atomic mass is 32.2. The van der Waals surface area contributed by atoms with Gasteiger partial charge in [-0.05, 0) is 24.5 Å². The molecule has 0 aliphatic rings. The van der Waals surface area contributed by atoms with Crippen molar-refractivity contribution in [3.05, 3.63) is 18.2 Å². The van der Waals surface area contributed by atoms with E-state index in [-0.39, 0.29) is 17.4 Å². The van der Waals surface area contributed by atoms with E-state index in [0.29, 0.717) is 24.5 Å². The number of rotatable bonds is 9. The minimum atomic E-state index is -3.61. The van der Waals surface area contributed by atoms with Crippen molar-refractivity contribution in [2.24, 2.45) is 5.92 Å². The fourth-order valence-electron chi connectivity index (χ4n) is 1.93. The molecule has 0 heterocycles. The number of methoxy groups -OCH3 is 2. The molecule has 120 valence electrons. The van der Waals surface area contributed by atoms with Gasteiger partial charge in [0.15, 0.2) is 11.5 Å². The van der Waals surface area contributed by atoms with Crippen molar-refractivity contribution in [1.82, 2.24) is 4.72 Å². The molecule has 0 fully saturated rings. The SMILES string of the molecule is CCC(CCO)CNS(=O)(=O)c1ccc(OC)c(OC)c1. The van der Waals surface area contributed by atoms with Crippen LogP contribution in [0.25, 0.3) is 0 Å². The third kappa shape index (κ3) is 4.87. The minimum Gasteiger partial charge on any atom is -0.493 e. The van der Waals surface area contributed by atoms with Crippen LogP contribution in [0.3, 0.4) is 0 Å². The first kappa shape index (κ1) is 17.7. The number of ether oxygens (including phenoxy) is 2. The zero-order valence-electron chi connectivity index (χ0n) is 12.6. The molecule has 0 aromatic heterocycles. The van der Waals surface area contributed by atoms with Gasteiger partial charge in [0.25, 0.3) is 0 Å². The van der Waals surface area contributed by atoms with Crippen molar-refractivity contribution in [2.75, 3.05) is 27.4 Å². The van der Waals surface area contributed by atoms with E-state index in [1.54, 1.807) is 6.07 Å². The quantitative estimate of drug-likeness (QED) is 0.719. The van der Waals surface area contributed by atoms with E-state index >= 15 is 0 Å². The van der Waals surface area contributed by atoms with E-state index in [1.807, 2.05) is 6.92 Å². The standard InChI is InChI=1S/C14H23NO5S/c1-4-11(7-8-16)10-15-21(17,18)12-5-6-13(19-2)14(9-12)20-3/h5-6,9,11,15-16H,4,7-8,10H2,1-3H3. The fourth-order valence-corrected chi connectivity index (χ4v) is 3.06. The molecular weight excluding hydrogens is 294 g/mol. The average molecular weight is 317 g/mol. The predicted octanol–water partition coefficient (Wildman–Crippen LogP) is 1.39. The van der Waals surface area contributed by atoms with Gasteiger partial charge in [0.2, 0.25) is 10.0 Å². The topological polar surface area (TPSA) is 84.9 Å². The molecule has 0 spiro atoms. The first-order valence-electron chi connectivity index (χ1n) is 6.81. The zero-order chi connectivity index (χ0) is 15.9. The van der Waals surface area contributed by atoms with Gasteiger partial charge in [0.1, 0.15) is 0 Å². The van der Waals surface area contributed by atoms with Crippen molar-refractivity contribution in [3.8, 4) is 11.5 Å². The van der Waals surface area contributed by atoms with Gasteiger partial charge < -0.3 is 14.6 Å². The Labute approximate surface area is 126 Å². The molecule has 0 saturated heterocycles. The van der Waals surface area contributed by atoms with Gasteiger partial charge in [-0.3, -0.25) is 0 Å². The van der Waals surface area contributed by atoms with Crippen molar-refractivity contribution >= 4 is 10.0 Å². The Hall–Kier alpha value is -1.31. The van der Waals surface area contributed by atoms with E-state index in [2.05, 4.69) is 4.72 Å². The summed E-state index contributed by atoms with van der Waals surface area (Å²) in [7, 11) is -0.663. The summed E-state index contributed by atoms with van der Waals surface area (Å²) >= 11 is 0. The predicted molar refractivity (Wildman–Crippen MR) is 80.2 cm³/mol. The van der Waals surface area contributed by atoms with Crippen molar-refractivity contribution < 1.29 is 23.0 Å². The fraction of sp³-hybridized carbons (Fsp3) is 0.571.